The van der Waals surface area contributed by atoms with Gasteiger partial charge in [0.25, 0.3) is 5.78 Å². The summed E-state index contributed by atoms with van der Waals surface area (Å²) in [6.07, 6.45) is 1.72. The lowest BCUT2D eigenvalue weighted by Gasteiger charge is -2.22. The van der Waals surface area contributed by atoms with E-state index >= 15 is 0 Å². The molecule has 1 N–H and O–H groups in total. The molecule has 1 fully saturated rings. The van der Waals surface area contributed by atoms with E-state index in [-0.39, 0.29) is 16.5 Å². The fourth-order valence-corrected chi connectivity index (χ4v) is 6.53. The number of nitrogens with zero attached hydrogens (tertiary/aromatic N) is 5. The molecule has 0 aliphatic carbocycles. The Bertz CT molecular complexity index is 1790. The minimum atomic E-state index is -1.04. The number of fused-ring (bicyclic) bond motifs is 1. The van der Waals surface area contributed by atoms with Crippen molar-refractivity contribution < 1.29 is 19.1 Å². The molecule has 8 nitrogen and oxygen atoms in total. The topological polar surface area (TPSA) is 101 Å². The van der Waals surface area contributed by atoms with Crippen LogP contribution in [-0.4, -0.2) is 36.4 Å². The molecule has 200 valence electrons. The Morgan fingerprint density at radius 3 is 2.52 bits per heavy atom. The van der Waals surface area contributed by atoms with Crippen LogP contribution in [0.25, 0.3) is 11.4 Å². The number of anilines is 1. The number of carbonyl (C=O) groups is 2. The average molecular weight is 572 g/mol. The van der Waals surface area contributed by atoms with E-state index in [0.29, 0.717) is 32.7 Å². The first-order chi connectivity index (χ1) is 19.3. The number of ketones is 1. The van der Waals surface area contributed by atoms with Crippen molar-refractivity contribution in [2.24, 2.45) is 0 Å². The van der Waals surface area contributed by atoms with Gasteiger partial charge in [0.2, 0.25) is 5.13 Å². The van der Waals surface area contributed by atoms with Gasteiger partial charge in [-0.25, -0.2) is 9.37 Å². The first kappa shape index (κ1) is 25.9. The second-order valence-corrected chi connectivity index (χ2v) is 11.5. The van der Waals surface area contributed by atoms with Crippen LogP contribution in [0.15, 0.2) is 82.8 Å². The predicted octanol–water partition coefficient (Wildman–Crippen LogP) is 5.86. The van der Waals surface area contributed by atoms with Gasteiger partial charge in [0.15, 0.2) is 10.1 Å². The number of benzene rings is 2. The number of rotatable bonds is 6. The molecular formula is C29H22FN5O3S2. The average Bonchev–Trinajstić information content (AvgIpc) is 3.62. The standard InChI is InChI=1S/C29H22FN5O3S2/c1-16-6-8-18(9-7-16)15-39-29-33-32-28(40-29)35-24(19-10-12-20(30)13-11-19)22(26(37)27(35)38)25(36)23-17(2)31-21-5-3-4-14-34(21)23/h3-14,24,36H,15H2,1-2H3/b25-22+. The van der Waals surface area contributed by atoms with Crippen LogP contribution >= 0.6 is 23.1 Å². The molecule has 1 atom stereocenters. The predicted molar refractivity (Wildman–Crippen MR) is 152 cm³/mol. The maximum atomic E-state index is 13.9. The molecule has 1 saturated heterocycles. The number of carbonyl (C=O) groups excluding carboxylic acids is 2. The number of hydrogen-bond donors (Lipinski definition) is 1. The SMILES string of the molecule is Cc1ccc(CSc2nnc(N3C(=O)C(=O)/C(=C(/O)c4c(C)nc5ccccn45)C3c3ccc(F)cc3)s2)cc1. The van der Waals surface area contributed by atoms with Gasteiger partial charge in [0.1, 0.15) is 17.2 Å². The molecule has 1 unspecified atom stereocenters. The van der Waals surface area contributed by atoms with E-state index in [2.05, 4.69) is 15.2 Å². The molecule has 4 heterocycles. The minimum Gasteiger partial charge on any atom is -0.505 e. The monoisotopic (exact) mass is 571 g/mol. The van der Waals surface area contributed by atoms with Crippen molar-refractivity contribution >= 4 is 51.3 Å². The van der Waals surface area contributed by atoms with Crippen LogP contribution in [0.4, 0.5) is 9.52 Å². The number of amides is 1. The molecule has 1 aliphatic heterocycles. The van der Waals surface area contributed by atoms with E-state index in [9.17, 15) is 19.1 Å². The van der Waals surface area contributed by atoms with Crippen LogP contribution in [0, 0.1) is 19.7 Å². The van der Waals surface area contributed by atoms with E-state index in [1.165, 1.54) is 57.8 Å². The molecular weight excluding hydrogens is 549 g/mol. The highest BCUT2D eigenvalue weighted by molar-refractivity contribution is 8.00. The van der Waals surface area contributed by atoms with Crippen LogP contribution in [0.1, 0.15) is 34.1 Å². The molecule has 3 aromatic heterocycles. The summed E-state index contributed by atoms with van der Waals surface area (Å²) in [5, 5.41) is 20.3. The number of imidazole rings is 1. The van der Waals surface area contributed by atoms with Gasteiger partial charge >= 0.3 is 5.91 Å². The summed E-state index contributed by atoms with van der Waals surface area (Å²) in [6.45, 7) is 3.74. The van der Waals surface area contributed by atoms with Crippen LogP contribution < -0.4 is 4.90 Å². The zero-order valence-electron chi connectivity index (χ0n) is 21.4. The molecule has 6 rings (SSSR count). The van der Waals surface area contributed by atoms with Crippen LogP contribution in [-0.2, 0) is 15.3 Å². The third kappa shape index (κ3) is 4.56. The second-order valence-electron chi connectivity index (χ2n) is 9.32. The Morgan fingerprint density at radius 2 is 1.77 bits per heavy atom. The molecule has 5 aromatic rings. The molecule has 0 spiro atoms. The molecule has 0 saturated carbocycles. The van der Waals surface area contributed by atoms with Gasteiger partial charge in [-0.1, -0.05) is 71.1 Å². The van der Waals surface area contributed by atoms with Crippen LogP contribution in [0.3, 0.4) is 0 Å². The summed E-state index contributed by atoms with van der Waals surface area (Å²) < 4.78 is 16.1. The van der Waals surface area contributed by atoms with Crippen LogP contribution in [0.5, 0.6) is 0 Å². The Hall–Kier alpha value is -4.35. The van der Waals surface area contributed by atoms with Crippen molar-refractivity contribution in [2.45, 2.75) is 30.0 Å². The van der Waals surface area contributed by atoms with E-state index in [1.807, 2.05) is 37.3 Å². The zero-order chi connectivity index (χ0) is 28.0. The summed E-state index contributed by atoms with van der Waals surface area (Å²) in [4.78, 5) is 32.7. The number of aryl methyl sites for hydroxylation is 2. The summed E-state index contributed by atoms with van der Waals surface area (Å²) in [5.41, 5.74) is 3.95. The number of pyridine rings is 1. The summed E-state index contributed by atoms with van der Waals surface area (Å²) in [5.74, 6) is -1.91. The Morgan fingerprint density at radius 1 is 1.02 bits per heavy atom. The van der Waals surface area contributed by atoms with Gasteiger partial charge in [-0.05, 0) is 49.2 Å². The second kappa shape index (κ2) is 10.3. The number of aliphatic hydroxyl groups excluding tert-OH is 1. The van der Waals surface area contributed by atoms with Gasteiger partial charge in [0.05, 0.1) is 17.3 Å². The molecule has 0 bridgehead atoms. The fraction of sp³-hybridized carbons (Fsp3) is 0.138. The quantitative estimate of drug-likeness (QED) is 0.0896. The maximum absolute atomic E-state index is 13.9. The number of Topliss-reactive ketones (excluding diaryl/α,β-unsaturated/α-hetero) is 1. The van der Waals surface area contributed by atoms with Gasteiger partial charge in [-0.15, -0.1) is 10.2 Å². The lowest BCUT2D eigenvalue weighted by Crippen LogP contribution is -2.29. The van der Waals surface area contributed by atoms with Gasteiger partial charge < -0.3 is 5.11 Å². The van der Waals surface area contributed by atoms with Crippen molar-refractivity contribution in [3.8, 4) is 0 Å². The van der Waals surface area contributed by atoms with E-state index in [1.54, 1.807) is 29.7 Å². The fourth-order valence-electron chi connectivity index (χ4n) is 4.70. The van der Waals surface area contributed by atoms with E-state index in [4.69, 9.17) is 0 Å². The highest BCUT2D eigenvalue weighted by atomic mass is 32.2. The van der Waals surface area contributed by atoms with Crippen molar-refractivity contribution in [2.75, 3.05) is 4.90 Å². The first-order valence-corrected chi connectivity index (χ1v) is 14.1. The summed E-state index contributed by atoms with van der Waals surface area (Å²) >= 11 is 2.64. The number of aliphatic hydroxyl groups is 1. The number of aromatic nitrogens is 4. The Labute approximate surface area is 236 Å². The van der Waals surface area contributed by atoms with Crippen molar-refractivity contribution in [1.29, 1.82) is 0 Å². The Kier molecular flexibility index (Phi) is 6.68. The van der Waals surface area contributed by atoms with Crippen molar-refractivity contribution in [3.05, 3.63) is 112 Å². The molecule has 1 amide bonds. The normalized spacial score (nSPS) is 16.8. The van der Waals surface area contributed by atoms with E-state index < -0.39 is 23.5 Å². The third-order valence-corrected chi connectivity index (χ3v) is 8.77. The molecule has 0 radical (unpaired) electrons. The lowest BCUT2D eigenvalue weighted by molar-refractivity contribution is -0.132. The van der Waals surface area contributed by atoms with Gasteiger partial charge in [0, 0.05) is 11.9 Å². The largest absolute Gasteiger partial charge is 0.505 e. The zero-order valence-corrected chi connectivity index (χ0v) is 23.0. The molecule has 11 heteroatoms. The maximum Gasteiger partial charge on any atom is 0.301 e. The minimum absolute atomic E-state index is 0.130. The smallest absolute Gasteiger partial charge is 0.301 e. The number of halogens is 1. The molecule has 1 aliphatic rings. The van der Waals surface area contributed by atoms with Crippen molar-refractivity contribution in [1.82, 2.24) is 19.6 Å². The van der Waals surface area contributed by atoms with E-state index in [0.717, 1.165) is 5.56 Å². The van der Waals surface area contributed by atoms with Crippen LogP contribution in [0.2, 0.25) is 0 Å². The molecule has 2 aromatic carbocycles. The summed E-state index contributed by atoms with van der Waals surface area (Å²) in [6, 6.07) is 17.9. The first-order valence-electron chi connectivity index (χ1n) is 12.3. The number of thioether (sulfide) groups is 1. The number of hydrogen-bond acceptors (Lipinski definition) is 8. The van der Waals surface area contributed by atoms with Gasteiger partial charge in [-0.3, -0.25) is 18.9 Å². The Balaban J connectivity index is 1.43. The van der Waals surface area contributed by atoms with Crippen molar-refractivity contribution in [3.63, 3.8) is 0 Å². The lowest BCUT2D eigenvalue weighted by atomic mass is 9.96. The third-order valence-electron chi connectivity index (χ3n) is 6.64. The summed E-state index contributed by atoms with van der Waals surface area (Å²) in [7, 11) is 0. The molecule has 40 heavy (non-hydrogen) atoms. The highest BCUT2D eigenvalue weighted by Gasteiger charge is 2.48. The van der Waals surface area contributed by atoms with Gasteiger partial charge in [-0.2, -0.15) is 0 Å². The highest BCUT2D eigenvalue weighted by Crippen LogP contribution is 2.44.